The molecule has 2 N–H and O–H groups in total. The maximum Gasteiger partial charge on any atom is 0.176 e. The molecule has 0 aliphatic heterocycles. The average Bonchev–Trinajstić information content (AvgIpc) is 3.34. The van der Waals surface area contributed by atoms with Gasteiger partial charge in [-0.15, -0.1) is 0 Å². The minimum absolute atomic E-state index is 0.264. The summed E-state index contributed by atoms with van der Waals surface area (Å²) in [6.07, 6.45) is 11.2. The Morgan fingerprint density at radius 3 is 2.62 bits per heavy atom. The molecule has 0 fully saturated rings. The van der Waals surface area contributed by atoms with E-state index in [0.717, 1.165) is 76.5 Å². The summed E-state index contributed by atoms with van der Waals surface area (Å²) in [4.78, 5) is 0. The van der Waals surface area contributed by atoms with E-state index >= 15 is 0 Å². The number of aromatic hydroxyl groups is 2. The van der Waals surface area contributed by atoms with E-state index < -0.39 is 0 Å². The minimum Gasteiger partial charge on any atom is -0.504 e. The molecular formula is C30H34O4. The fraction of sp³-hybridized carbons (Fsp3) is 0.400. The summed E-state index contributed by atoms with van der Waals surface area (Å²) in [6.45, 7) is 10.4. The number of hydrogen-bond donors (Lipinski definition) is 2. The van der Waals surface area contributed by atoms with Gasteiger partial charge in [-0.25, -0.2) is 0 Å². The maximum absolute atomic E-state index is 11.1. The van der Waals surface area contributed by atoms with Gasteiger partial charge in [0, 0.05) is 28.3 Å². The lowest BCUT2D eigenvalue weighted by Gasteiger charge is -2.27. The third-order valence-electron chi connectivity index (χ3n) is 7.75. The van der Waals surface area contributed by atoms with Gasteiger partial charge in [0.25, 0.3) is 0 Å². The molecule has 0 amide bonds. The van der Waals surface area contributed by atoms with Crippen LogP contribution in [0.25, 0.3) is 21.9 Å². The highest BCUT2D eigenvalue weighted by Crippen LogP contribution is 2.47. The molecule has 1 aliphatic carbocycles. The smallest absolute Gasteiger partial charge is 0.176 e. The molecule has 0 spiro atoms. The molecule has 2 aromatic carbocycles. The minimum atomic E-state index is 0.264. The number of allylic oxidation sites excluding steroid dienone is 2. The van der Waals surface area contributed by atoms with Gasteiger partial charge in [-0.3, -0.25) is 0 Å². The summed E-state index contributed by atoms with van der Waals surface area (Å²) in [6, 6.07) is 2.15. The van der Waals surface area contributed by atoms with Crippen molar-refractivity contribution in [2.75, 3.05) is 0 Å². The fourth-order valence-electron chi connectivity index (χ4n) is 5.93. The third kappa shape index (κ3) is 3.43. The van der Waals surface area contributed by atoms with E-state index in [1.54, 1.807) is 6.26 Å². The lowest BCUT2D eigenvalue weighted by Crippen LogP contribution is -2.12. The number of benzene rings is 2. The van der Waals surface area contributed by atoms with Crippen LogP contribution in [0.1, 0.15) is 83.7 Å². The van der Waals surface area contributed by atoms with E-state index in [4.69, 9.17) is 8.83 Å². The van der Waals surface area contributed by atoms with Gasteiger partial charge in [0.05, 0.1) is 6.26 Å². The Kier molecular flexibility index (Phi) is 5.71. The summed E-state index contributed by atoms with van der Waals surface area (Å²) in [7, 11) is 0. The van der Waals surface area contributed by atoms with Crippen molar-refractivity contribution in [2.45, 2.75) is 79.1 Å². The highest BCUT2D eigenvalue weighted by molar-refractivity contribution is 5.93. The molecule has 4 nitrogen and oxygen atoms in total. The van der Waals surface area contributed by atoms with E-state index in [1.807, 2.05) is 19.9 Å². The van der Waals surface area contributed by atoms with Crippen molar-refractivity contribution in [3.05, 3.63) is 69.2 Å². The van der Waals surface area contributed by atoms with Gasteiger partial charge < -0.3 is 19.0 Å². The van der Waals surface area contributed by atoms with Crippen LogP contribution >= 0.6 is 0 Å². The van der Waals surface area contributed by atoms with Gasteiger partial charge in [0.1, 0.15) is 5.76 Å². The number of fused-ring (bicyclic) bond motifs is 3. The molecule has 0 saturated carbocycles. The Hall–Kier alpha value is -3.14. The summed E-state index contributed by atoms with van der Waals surface area (Å²) < 4.78 is 12.2. The standard InChI is InChI=1S/C30H34O4/c1-6-7-8-11-20-17(3)13-22-19(5)24(34-29(22)27(20)31)14-23-25-16(2)10-9-12-21(25)28(32)30-26(23)18(4)15-33-30/h6-7,13,15-16,31-32H,8-12,14H2,1-5H3/b7-6+/t16-/m1/s1. The number of furan rings is 2. The number of aryl methyl sites for hydroxylation is 3. The second kappa shape index (κ2) is 8.57. The van der Waals surface area contributed by atoms with Gasteiger partial charge in [-0.1, -0.05) is 19.1 Å². The SMILES string of the molecule is C/C=C/CCc1c(C)cc2c(C)c(Cc3c4c(c(O)c5occ(C)c35)CCC[C@H]4C)oc2c1O. The first-order chi connectivity index (χ1) is 16.3. The molecule has 0 saturated heterocycles. The van der Waals surface area contributed by atoms with E-state index in [9.17, 15) is 10.2 Å². The predicted molar refractivity (Wildman–Crippen MR) is 137 cm³/mol. The van der Waals surface area contributed by atoms with Crippen molar-refractivity contribution in [1.29, 1.82) is 0 Å². The van der Waals surface area contributed by atoms with Crippen molar-refractivity contribution in [2.24, 2.45) is 0 Å². The number of rotatable bonds is 5. The topological polar surface area (TPSA) is 66.7 Å². The summed E-state index contributed by atoms with van der Waals surface area (Å²) in [5.41, 5.74) is 8.75. The van der Waals surface area contributed by atoms with Gasteiger partial charge >= 0.3 is 0 Å². The summed E-state index contributed by atoms with van der Waals surface area (Å²) >= 11 is 0. The van der Waals surface area contributed by atoms with E-state index in [1.165, 1.54) is 11.1 Å². The molecule has 0 radical (unpaired) electrons. The second-order valence-electron chi connectivity index (χ2n) is 9.97. The van der Waals surface area contributed by atoms with E-state index in [0.29, 0.717) is 29.3 Å². The van der Waals surface area contributed by atoms with Gasteiger partial charge in [0.2, 0.25) is 0 Å². The Balaban J connectivity index is 1.68. The maximum atomic E-state index is 11.1. The Bertz CT molecular complexity index is 1430. The Morgan fingerprint density at radius 1 is 1.06 bits per heavy atom. The zero-order valence-corrected chi connectivity index (χ0v) is 20.8. The molecule has 1 atom stereocenters. The van der Waals surface area contributed by atoms with Crippen LogP contribution in [-0.4, -0.2) is 10.2 Å². The van der Waals surface area contributed by atoms with E-state index in [2.05, 4.69) is 32.9 Å². The largest absolute Gasteiger partial charge is 0.504 e. The Labute approximate surface area is 200 Å². The lowest BCUT2D eigenvalue weighted by molar-refractivity contribution is 0.446. The molecule has 0 unspecified atom stereocenters. The molecule has 5 rings (SSSR count). The molecule has 4 aromatic rings. The third-order valence-corrected chi connectivity index (χ3v) is 7.75. The molecule has 4 heteroatoms. The van der Waals surface area contributed by atoms with Crippen LogP contribution in [0, 0.1) is 20.8 Å². The zero-order chi connectivity index (χ0) is 24.1. The first kappa shape index (κ1) is 22.6. The van der Waals surface area contributed by atoms with Crippen molar-refractivity contribution in [1.82, 2.24) is 0 Å². The van der Waals surface area contributed by atoms with Crippen molar-refractivity contribution < 1.29 is 19.0 Å². The average molecular weight is 459 g/mol. The fourth-order valence-corrected chi connectivity index (χ4v) is 5.93. The molecule has 0 bridgehead atoms. The number of phenolic OH excluding ortho intramolecular Hbond substituents is 2. The van der Waals surface area contributed by atoms with Crippen LogP contribution in [0.15, 0.2) is 33.3 Å². The summed E-state index contributed by atoms with van der Waals surface area (Å²) in [5.74, 6) is 1.79. The normalized spacial score (nSPS) is 16.2. The van der Waals surface area contributed by atoms with Crippen LogP contribution in [0.4, 0.5) is 0 Å². The molecule has 2 heterocycles. The van der Waals surface area contributed by atoms with Gasteiger partial charge in [0.15, 0.2) is 22.7 Å². The summed E-state index contributed by atoms with van der Waals surface area (Å²) in [5, 5.41) is 24.1. The van der Waals surface area contributed by atoms with Gasteiger partial charge in [-0.2, -0.15) is 0 Å². The quantitative estimate of drug-likeness (QED) is 0.297. The Morgan fingerprint density at radius 2 is 1.85 bits per heavy atom. The predicted octanol–water partition coefficient (Wildman–Crippen LogP) is 8.05. The molecule has 178 valence electrons. The highest BCUT2D eigenvalue weighted by atomic mass is 16.4. The second-order valence-corrected chi connectivity index (χ2v) is 9.97. The number of hydrogen-bond acceptors (Lipinski definition) is 4. The number of phenols is 2. The van der Waals surface area contributed by atoms with Crippen LogP contribution in [0.5, 0.6) is 11.5 Å². The van der Waals surface area contributed by atoms with E-state index in [-0.39, 0.29) is 5.75 Å². The van der Waals surface area contributed by atoms with Crippen LogP contribution in [0.2, 0.25) is 0 Å². The van der Waals surface area contributed by atoms with Crippen LogP contribution in [0.3, 0.4) is 0 Å². The van der Waals surface area contributed by atoms with Crippen LogP contribution in [-0.2, 0) is 19.3 Å². The molecular weight excluding hydrogens is 424 g/mol. The monoisotopic (exact) mass is 458 g/mol. The van der Waals surface area contributed by atoms with Crippen molar-refractivity contribution in [3.8, 4) is 11.5 Å². The van der Waals surface area contributed by atoms with Crippen molar-refractivity contribution >= 4 is 21.9 Å². The zero-order valence-electron chi connectivity index (χ0n) is 20.8. The first-order valence-electron chi connectivity index (χ1n) is 12.4. The molecule has 2 aromatic heterocycles. The van der Waals surface area contributed by atoms with Crippen molar-refractivity contribution in [3.63, 3.8) is 0 Å². The highest BCUT2D eigenvalue weighted by Gasteiger charge is 2.29. The molecule has 34 heavy (non-hydrogen) atoms. The lowest BCUT2D eigenvalue weighted by atomic mass is 9.78. The van der Waals surface area contributed by atoms with Gasteiger partial charge in [-0.05, 0) is 99.6 Å². The van der Waals surface area contributed by atoms with Crippen LogP contribution < -0.4 is 0 Å². The first-order valence-corrected chi connectivity index (χ1v) is 12.4. The molecule has 1 aliphatic rings.